The second kappa shape index (κ2) is 13.1. The average molecular weight is 719 g/mol. The highest BCUT2D eigenvalue weighted by Crippen LogP contribution is 2.38. The zero-order valence-corrected chi connectivity index (χ0v) is 28.6. The molecule has 3 aromatic carbocycles. The minimum atomic E-state index is -4.56. The van der Waals surface area contributed by atoms with E-state index in [0.717, 1.165) is 47.1 Å². The molecule has 3 aliphatic rings. The van der Waals surface area contributed by atoms with Gasteiger partial charge in [-0.15, -0.1) is 0 Å². The SMILES string of the molecule is CN1CCC[C@H]1COc1nc2c(c(N3CCN(c4c(F)c(F)c(S(C)(=O)=O)c(F)c4F)CC3)n1)CCN(c1cccc3cccc(Cl)c13)C2. The third-order valence-corrected chi connectivity index (χ3v) is 11.2. The first-order chi connectivity index (χ1) is 23.4. The van der Waals surface area contributed by atoms with Crippen LogP contribution in [-0.2, 0) is 22.8 Å². The van der Waals surface area contributed by atoms with Gasteiger partial charge in [-0.05, 0) is 50.4 Å². The maximum Gasteiger partial charge on any atom is 0.318 e. The molecule has 15 heteroatoms. The molecular formula is C34H35ClF4N6O3S. The maximum absolute atomic E-state index is 15.1. The van der Waals surface area contributed by atoms with Crippen LogP contribution in [0.5, 0.6) is 6.01 Å². The number of rotatable bonds is 7. The fraction of sp³-hybridized carbons (Fsp3) is 0.412. The lowest BCUT2D eigenvalue weighted by Gasteiger charge is -2.39. The molecule has 1 atom stereocenters. The van der Waals surface area contributed by atoms with Gasteiger partial charge in [0, 0.05) is 61.7 Å². The van der Waals surface area contributed by atoms with Gasteiger partial charge in [0.05, 0.1) is 17.3 Å². The Labute approximate surface area is 287 Å². The van der Waals surface area contributed by atoms with Crippen molar-refractivity contribution in [2.45, 2.75) is 36.7 Å². The molecule has 4 heterocycles. The zero-order chi connectivity index (χ0) is 34.6. The number of aromatic nitrogens is 2. The van der Waals surface area contributed by atoms with E-state index in [1.54, 1.807) is 0 Å². The Hall–Kier alpha value is -3.88. The first-order valence-electron chi connectivity index (χ1n) is 16.1. The van der Waals surface area contributed by atoms with E-state index in [-0.39, 0.29) is 38.2 Å². The van der Waals surface area contributed by atoms with E-state index in [1.807, 2.05) is 41.3 Å². The predicted molar refractivity (Wildman–Crippen MR) is 181 cm³/mol. The number of nitrogens with zero attached hydrogens (tertiary/aromatic N) is 6. The van der Waals surface area contributed by atoms with Crippen LogP contribution < -0.4 is 19.4 Å². The molecule has 2 saturated heterocycles. The second-order valence-corrected chi connectivity index (χ2v) is 15.2. The van der Waals surface area contributed by atoms with Crippen molar-refractivity contribution in [3.05, 3.63) is 75.9 Å². The lowest BCUT2D eigenvalue weighted by Crippen LogP contribution is -2.48. The van der Waals surface area contributed by atoms with Crippen LogP contribution in [0.4, 0.5) is 34.8 Å². The van der Waals surface area contributed by atoms with Gasteiger partial charge in [-0.25, -0.2) is 26.0 Å². The quantitative estimate of drug-likeness (QED) is 0.179. The summed E-state index contributed by atoms with van der Waals surface area (Å²) < 4.78 is 89.6. The number of likely N-dealkylation sites (tertiary alicyclic amines) is 1. The van der Waals surface area contributed by atoms with Crippen molar-refractivity contribution in [3.63, 3.8) is 0 Å². The van der Waals surface area contributed by atoms with E-state index < -0.39 is 43.7 Å². The molecule has 49 heavy (non-hydrogen) atoms. The van der Waals surface area contributed by atoms with Crippen LogP contribution in [0.1, 0.15) is 24.1 Å². The summed E-state index contributed by atoms with van der Waals surface area (Å²) >= 11 is 6.67. The largest absolute Gasteiger partial charge is 0.462 e. The van der Waals surface area contributed by atoms with Crippen molar-refractivity contribution >= 4 is 49.4 Å². The minimum absolute atomic E-state index is 0.00654. The number of fused-ring (bicyclic) bond motifs is 2. The highest BCUT2D eigenvalue weighted by Gasteiger charge is 2.35. The summed E-state index contributed by atoms with van der Waals surface area (Å²) in [7, 11) is -2.50. The van der Waals surface area contributed by atoms with Crippen LogP contribution in [-0.4, -0.2) is 88.5 Å². The number of sulfone groups is 1. The summed E-state index contributed by atoms with van der Waals surface area (Å²) in [6, 6.07) is 12.3. The van der Waals surface area contributed by atoms with Gasteiger partial charge in [-0.3, -0.25) is 0 Å². The molecular weight excluding hydrogens is 684 g/mol. The van der Waals surface area contributed by atoms with Crippen molar-refractivity contribution in [1.82, 2.24) is 14.9 Å². The normalized spacial score (nSPS) is 18.8. The Morgan fingerprint density at radius 2 is 1.55 bits per heavy atom. The number of hydrogen-bond donors (Lipinski definition) is 0. The van der Waals surface area contributed by atoms with Crippen molar-refractivity contribution < 1.29 is 30.7 Å². The summed E-state index contributed by atoms with van der Waals surface area (Å²) in [6.07, 6.45) is 3.18. The summed E-state index contributed by atoms with van der Waals surface area (Å²) in [6.45, 7) is 2.95. The Bertz CT molecular complexity index is 2010. The fourth-order valence-electron chi connectivity index (χ4n) is 7.17. The van der Waals surface area contributed by atoms with Gasteiger partial charge in [-0.2, -0.15) is 9.97 Å². The van der Waals surface area contributed by atoms with Crippen LogP contribution >= 0.6 is 11.6 Å². The van der Waals surface area contributed by atoms with Crippen LogP contribution in [0.3, 0.4) is 0 Å². The van der Waals surface area contributed by atoms with Gasteiger partial charge >= 0.3 is 6.01 Å². The minimum Gasteiger partial charge on any atom is -0.462 e. The van der Waals surface area contributed by atoms with Gasteiger partial charge in [-0.1, -0.05) is 35.9 Å². The van der Waals surface area contributed by atoms with Gasteiger partial charge in [0.15, 0.2) is 33.1 Å². The topological polar surface area (TPSA) is 82.1 Å². The molecule has 3 aliphatic heterocycles. The molecule has 0 unspecified atom stereocenters. The van der Waals surface area contributed by atoms with Crippen molar-refractivity contribution in [1.29, 1.82) is 0 Å². The van der Waals surface area contributed by atoms with E-state index in [2.05, 4.69) is 16.8 Å². The van der Waals surface area contributed by atoms with Crippen LogP contribution in [0.15, 0.2) is 41.3 Å². The molecule has 2 fully saturated rings. The van der Waals surface area contributed by atoms with Gasteiger partial charge in [0.2, 0.25) is 0 Å². The van der Waals surface area contributed by atoms with E-state index >= 15 is 8.78 Å². The smallest absolute Gasteiger partial charge is 0.318 e. The molecule has 0 aliphatic carbocycles. The standard InChI is InChI=1S/C34H35ClF4N6O3S/c1-42-12-5-8-21(42)19-48-34-40-24-18-45(25-10-4-7-20-6-3-9-23(35)26(20)25)13-11-22(24)33(41-34)44-16-14-43(15-17-44)31-27(36)29(38)32(49(2,46)47)30(39)28(31)37/h3-4,6-7,9-10,21H,5,8,11-19H2,1-2H3/t21-/m0/s1. The van der Waals surface area contributed by atoms with E-state index in [9.17, 15) is 17.2 Å². The molecule has 1 aromatic heterocycles. The number of halogens is 5. The molecule has 0 bridgehead atoms. The Morgan fingerprint density at radius 1 is 0.878 bits per heavy atom. The van der Waals surface area contributed by atoms with Crippen molar-refractivity contribution in [2.24, 2.45) is 0 Å². The van der Waals surface area contributed by atoms with Crippen LogP contribution in [0.25, 0.3) is 10.8 Å². The molecule has 0 spiro atoms. The molecule has 260 valence electrons. The van der Waals surface area contributed by atoms with Crippen molar-refractivity contribution in [2.75, 3.05) is 73.9 Å². The number of likely N-dealkylation sites (N-methyl/N-ethyl adjacent to an activating group) is 1. The molecule has 9 nitrogen and oxygen atoms in total. The summed E-state index contributed by atoms with van der Waals surface area (Å²) in [5.41, 5.74) is 1.77. The first-order valence-corrected chi connectivity index (χ1v) is 18.4. The number of piperazine rings is 1. The lowest BCUT2D eigenvalue weighted by molar-refractivity contribution is 0.187. The monoisotopic (exact) mass is 718 g/mol. The molecule has 0 N–H and O–H groups in total. The number of anilines is 3. The van der Waals surface area contributed by atoms with Crippen LogP contribution in [0.2, 0.25) is 5.02 Å². The summed E-state index contributed by atoms with van der Waals surface area (Å²) in [4.78, 5) is 15.7. The van der Waals surface area contributed by atoms with Gasteiger partial charge in [0.25, 0.3) is 0 Å². The van der Waals surface area contributed by atoms with Crippen molar-refractivity contribution in [3.8, 4) is 6.01 Å². The van der Waals surface area contributed by atoms with E-state index in [0.29, 0.717) is 43.2 Å². The van der Waals surface area contributed by atoms with Gasteiger partial charge in [0.1, 0.15) is 23.0 Å². The van der Waals surface area contributed by atoms with Gasteiger partial charge < -0.3 is 24.3 Å². The molecule has 0 amide bonds. The Balaban J connectivity index is 1.19. The Kier molecular flexibility index (Phi) is 8.99. The first kappa shape index (κ1) is 33.6. The number of hydrogen-bond acceptors (Lipinski definition) is 9. The summed E-state index contributed by atoms with van der Waals surface area (Å²) in [5.74, 6) is -6.71. The van der Waals surface area contributed by atoms with Crippen LogP contribution in [0, 0.1) is 23.3 Å². The Morgan fingerprint density at radius 3 is 2.20 bits per heavy atom. The summed E-state index contributed by atoms with van der Waals surface area (Å²) in [5, 5.41) is 2.64. The third kappa shape index (κ3) is 6.23. The fourth-order valence-corrected chi connectivity index (χ4v) is 8.27. The lowest BCUT2D eigenvalue weighted by atomic mass is 10.0. The average Bonchev–Trinajstić information content (AvgIpc) is 3.50. The maximum atomic E-state index is 15.1. The zero-order valence-electron chi connectivity index (χ0n) is 27.0. The predicted octanol–water partition coefficient (Wildman–Crippen LogP) is 5.61. The molecule has 0 saturated carbocycles. The third-order valence-electron chi connectivity index (χ3n) is 9.74. The molecule has 7 rings (SSSR count). The highest BCUT2D eigenvalue weighted by molar-refractivity contribution is 7.90. The second-order valence-electron chi connectivity index (χ2n) is 12.8. The molecule has 4 aromatic rings. The van der Waals surface area contributed by atoms with E-state index in [1.165, 1.54) is 4.90 Å². The van der Waals surface area contributed by atoms with E-state index in [4.69, 9.17) is 26.3 Å². The molecule has 0 radical (unpaired) electrons. The highest BCUT2D eigenvalue weighted by atomic mass is 35.5. The number of benzene rings is 3. The number of ether oxygens (including phenoxy) is 1.